The highest BCUT2D eigenvalue weighted by Crippen LogP contribution is 2.42. The maximum atomic E-state index is 10.6. The zero-order valence-electron chi connectivity index (χ0n) is 8.39. The molecule has 16 heavy (non-hydrogen) atoms. The summed E-state index contributed by atoms with van der Waals surface area (Å²) in [6.45, 7) is 0. The van der Waals surface area contributed by atoms with E-state index in [1.54, 1.807) is 6.07 Å². The Balaban J connectivity index is 2.33. The molecule has 0 heterocycles. The molecule has 5 nitrogen and oxygen atoms in total. The number of nitro benzene ring substituents is 1. The molecular formula is C10H11BrN2O3. The highest BCUT2D eigenvalue weighted by Gasteiger charge is 2.42. The van der Waals surface area contributed by atoms with Crippen molar-refractivity contribution in [2.75, 3.05) is 0 Å². The lowest BCUT2D eigenvalue weighted by atomic mass is 9.70. The Bertz CT molecular complexity index is 444. The third-order valence-electron chi connectivity index (χ3n) is 2.90. The van der Waals surface area contributed by atoms with Crippen molar-refractivity contribution in [1.82, 2.24) is 0 Å². The fourth-order valence-corrected chi connectivity index (χ4v) is 2.78. The van der Waals surface area contributed by atoms with Crippen molar-refractivity contribution in [2.24, 2.45) is 5.73 Å². The molecule has 0 atom stereocenters. The Morgan fingerprint density at radius 3 is 2.62 bits per heavy atom. The predicted molar refractivity (Wildman–Crippen MR) is 61.9 cm³/mol. The molecule has 1 fully saturated rings. The first kappa shape index (κ1) is 11.5. The molecule has 0 saturated heterocycles. The van der Waals surface area contributed by atoms with Gasteiger partial charge in [0.2, 0.25) is 0 Å². The van der Waals surface area contributed by atoms with Gasteiger partial charge in [-0.25, -0.2) is 0 Å². The lowest BCUT2D eigenvalue weighted by Gasteiger charge is -2.43. The minimum Gasteiger partial charge on any atom is -0.393 e. The van der Waals surface area contributed by atoms with Crippen molar-refractivity contribution in [3.8, 4) is 0 Å². The van der Waals surface area contributed by atoms with Crippen molar-refractivity contribution in [2.45, 2.75) is 24.5 Å². The molecule has 0 aliphatic heterocycles. The van der Waals surface area contributed by atoms with Crippen LogP contribution >= 0.6 is 15.9 Å². The molecule has 1 aromatic carbocycles. The topological polar surface area (TPSA) is 89.4 Å². The normalized spacial score (nSPS) is 28.6. The second-order valence-corrected chi connectivity index (χ2v) is 4.99. The van der Waals surface area contributed by atoms with E-state index in [0.29, 0.717) is 17.3 Å². The van der Waals surface area contributed by atoms with Crippen LogP contribution in [-0.2, 0) is 5.54 Å². The molecule has 6 heteroatoms. The SMILES string of the molecule is NC1(c2ccc([N+](=O)[O-])cc2Br)CC(O)C1. The summed E-state index contributed by atoms with van der Waals surface area (Å²) in [4.78, 5) is 10.1. The van der Waals surface area contributed by atoms with Gasteiger partial charge in [0.15, 0.2) is 0 Å². The third-order valence-corrected chi connectivity index (χ3v) is 3.56. The molecular weight excluding hydrogens is 276 g/mol. The van der Waals surface area contributed by atoms with Crippen molar-refractivity contribution in [3.63, 3.8) is 0 Å². The summed E-state index contributed by atoms with van der Waals surface area (Å²) in [5.41, 5.74) is 6.36. The van der Waals surface area contributed by atoms with Gasteiger partial charge in [0.1, 0.15) is 0 Å². The van der Waals surface area contributed by atoms with E-state index in [2.05, 4.69) is 15.9 Å². The van der Waals surface area contributed by atoms with Gasteiger partial charge in [-0.1, -0.05) is 15.9 Å². The van der Waals surface area contributed by atoms with Crippen molar-refractivity contribution < 1.29 is 10.0 Å². The fourth-order valence-electron chi connectivity index (χ4n) is 2.02. The average Bonchev–Trinajstić information content (AvgIpc) is 2.14. The van der Waals surface area contributed by atoms with Crippen LogP contribution in [0.15, 0.2) is 22.7 Å². The van der Waals surface area contributed by atoms with Gasteiger partial charge in [-0.15, -0.1) is 0 Å². The van der Waals surface area contributed by atoms with Gasteiger partial charge >= 0.3 is 0 Å². The van der Waals surface area contributed by atoms with Crippen LogP contribution in [0.4, 0.5) is 5.69 Å². The van der Waals surface area contributed by atoms with E-state index in [0.717, 1.165) is 5.56 Å². The van der Waals surface area contributed by atoms with Gasteiger partial charge in [-0.05, 0) is 24.5 Å². The van der Waals surface area contributed by atoms with Crippen molar-refractivity contribution >= 4 is 21.6 Å². The molecule has 1 saturated carbocycles. The first-order valence-electron chi connectivity index (χ1n) is 4.84. The molecule has 1 aromatic rings. The maximum Gasteiger partial charge on any atom is 0.270 e. The average molecular weight is 287 g/mol. The summed E-state index contributed by atoms with van der Waals surface area (Å²) in [5.74, 6) is 0. The Morgan fingerprint density at radius 2 is 2.19 bits per heavy atom. The number of nitro groups is 1. The summed E-state index contributed by atoms with van der Waals surface area (Å²) in [6.07, 6.45) is 0.611. The zero-order chi connectivity index (χ0) is 11.9. The number of benzene rings is 1. The van der Waals surface area contributed by atoms with Gasteiger partial charge in [0, 0.05) is 22.1 Å². The van der Waals surface area contributed by atoms with Gasteiger partial charge in [0.25, 0.3) is 5.69 Å². The lowest BCUT2D eigenvalue weighted by molar-refractivity contribution is -0.385. The van der Waals surface area contributed by atoms with Crippen LogP contribution in [0.2, 0.25) is 0 Å². The molecule has 1 aliphatic rings. The Morgan fingerprint density at radius 1 is 1.56 bits per heavy atom. The van der Waals surface area contributed by atoms with Crippen LogP contribution in [0.5, 0.6) is 0 Å². The van der Waals surface area contributed by atoms with Crippen LogP contribution in [0.25, 0.3) is 0 Å². The Hall–Kier alpha value is -0.980. The lowest BCUT2D eigenvalue weighted by Crippen LogP contribution is -2.51. The standard InChI is InChI=1S/C10H11BrN2O3/c11-9-3-6(13(15)16)1-2-8(9)10(12)4-7(14)5-10/h1-3,7,14H,4-5,12H2. The van der Waals surface area contributed by atoms with E-state index in [-0.39, 0.29) is 11.8 Å². The van der Waals surface area contributed by atoms with Gasteiger partial charge in [-0.3, -0.25) is 10.1 Å². The van der Waals surface area contributed by atoms with Gasteiger partial charge in [-0.2, -0.15) is 0 Å². The van der Waals surface area contributed by atoms with E-state index in [4.69, 9.17) is 5.73 Å². The minimum atomic E-state index is -0.562. The second-order valence-electron chi connectivity index (χ2n) is 4.14. The first-order valence-corrected chi connectivity index (χ1v) is 5.63. The molecule has 0 radical (unpaired) electrons. The van der Waals surface area contributed by atoms with E-state index in [1.807, 2.05) is 0 Å². The Labute approximate surface area is 101 Å². The monoisotopic (exact) mass is 286 g/mol. The number of rotatable bonds is 2. The van der Waals surface area contributed by atoms with E-state index >= 15 is 0 Å². The molecule has 0 amide bonds. The van der Waals surface area contributed by atoms with E-state index in [9.17, 15) is 15.2 Å². The molecule has 0 aromatic heterocycles. The zero-order valence-corrected chi connectivity index (χ0v) is 9.98. The second kappa shape index (κ2) is 3.80. The first-order chi connectivity index (χ1) is 7.42. The summed E-state index contributed by atoms with van der Waals surface area (Å²) in [6, 6.07) is 4.52. The number of nitrogens with two attached hydrogens (primary N) is 1. The number of hydrogen-bond donors (Lipinski definition) is 2. The third kappa shape index (κ3) is 1.83. The number of halogens is 1. The molecule has 0 spiro atoms. The summed E-state index contributed by atoms with van der Waals surface area (Å²) in [7, 11) is 0. The maximum absolute atomic E-state index is 10.6. The quantitative estimate of drug-likeness (QED) is 0.639. The van der Waals surface area contributed by atoms with Crippen molar-refractivity contribution in [1.29, 1.82) is 0 Å². The van der Waals surface area contributed by atoms with E-state index < -0.39 is 10.5 Å². The fraction of sp³-hybridized carbons (Fsp3) is 0.400. The number of hydrogen-bond acceptors (Lipinski definition) is 4. The highest BCUT2D eigenvalue weighted by molar-refractivity contribution is 9.10. The van der Waals surface area contributed by atoms with Crippen LogP contribution < -0.4 is 5.73 Å². The highest BCUT2D eigenvalue weighted by atomic mass is 79.9. The van der Waals surface area contributed by atoms with E-state index in [1.165, 1.54) is 12.1 Å². The van der Waals surface area contributed by atoms with Crippen LogP contribution in [0.1, 0.15) is 18.4 Å². The molecule has 3 N–H and O–H groups in total. The number of non-ortho nitro benzene ring substituents is 1. The Kier molecular flexibility index (Phi) is 2.73. The number of aliphatic hydroxyl groups is 1. The molecule has 2 rings (SSSR count). The van der Waals surface area contributed by atoms with Gasteiger partial charge < -0.3 is 10.8 Å². The van der Waals surface area contributed by atoms with Crippen LogP contribution in [0, 0.1) is 10.1 Å². The summed E-state index contributed by atoms with van der Waals surface area (Å²) < 4.78 is 0.621. The minimum absolute atomic E-state index is 0.0269. The van der Waals surface area contributed by atoms with Gasteiger partial charge in [0.05, 0.1) is 11.0 Å². The molecule has 1 aliphatic carbocycles. The number of nitrogens with zero attached hydrogens (tertiary/aromatic N) is 1. The van der Waals surface area contributed by atoms with Crippen LogP contribution in [0.3, 0.4) is 0 Å². The molecule has 0 bridgehead atoms. The largest absolute Gasteiger partial charge is 0.393 e. The molecule has 86 valence electrons. The smallest absolute Gasteiger partial charge is 0.270 e. The van der Waals surface area contributed by atoms with Crippen LogP contribution in [-0.4, -0.2) is 16.1 Å². The number of aliphatic hydroxyl groups excluding tert-OH is 1. The summed E-state index contributed by atoms with van der Waals surface area (Å²) in [5, 5.41) is 19.8. The molecule has 0 unspecified atom stereocenters. The predicted octanol–water partition coefficient (Wildman–Crippen LogP) is 1.67. The van der Waals surface area contributed by atoms with Crippen molar-refractivity contribution in [3.05, 3.63) is 38.3 Å². The summed E-state index contributed by atoms with van der Waals surface area (Å²) >= 11 is 3.28.